The van der Waals surface area contributed by atoms with Crippen molar-refractivity contribution in [1.82, 2.24) is 4.90 Å². The summed E-state index contributed by atoms with van der Waals surface area (Å²) in [4.78, 5) is 2.09. The maximum absolute atomic E-state index is 5.01. The molecule has 0 fully saturated rings. The molecule has 0 aromatic carbocycles. The van der Waals surface area contributed by atoms with Crippen molar-refractivity contribution in [2.24, 2.45) is 0 Å². The van der Waals surface area contributed by atoms with Crippen LogP contribution in [-0.4, -0.2) is 30.3 Å². The molecule has 0 aromatic heterocycles. The van der Waals surface area contributed by atoms with Crippen LogP contribution in [0.5, 0.6) is 0 Å². The van der Waals surface area contributed by atoms with Crippen molar-refractivity contribution in [1.29, 1.82) is 0 Å². The summed E-state index contributed by atoms with van der Waals surface area (Å²) in [6.45, 7) is 6.28. The van der Waals surface area contributed by atoms with Crippen molar-refractivity contribution in [3.8, 4) is 0 Å². The maximum atomic E-state index is 5.01. The molecule has 66 valence electrons. The zero-order chi connectivity index (χ0) is 8.69. The summed E-state index contributed by atoms with van der Waals surface area (Å²) >= 11 is 5.01. The summed E-state index contributed by atoms with van der Waals surface area (Å²) in [5.41, 5.74) is 0. The second kappa shape index (κ2) is 6.40. The zero-order valence-corrected chi connectivity index (χ0v) is 8.41. The van der Waals surface area contributed by atoms with Gasteiger partial charge in [-0.15, -0.1) is 0 Å². The third-order valence-electron chi connectivity index (χ3n) is 1.42. The predicted octanol–water partition coefficient (Wildman–Crippen LogP) is 2.04. The first-order valence-electron chi connectivity index (χ1n) is 4.09. The van der Waals surface area contributed by atoms with Crippen LogP contribution in [0.15, 0.2) is 0 Å². The molecule has 0 radical (unpaired) electrons. The Kier molecular flexibility index (Phi) is 6.22. The molecule has 0 saturated carbocycles. The molecule has 0 bridgehead atoms. The van der Waals surface area contributed by atoms with Crippen LogP contribution in [0.4, 0.5) is 0 Å². The average Bonchev–Trinajstić information content (AvgIpc) is 2.03. The molecule has 0 aliphatic heterocycles. The van der Waals surface area contributed by atoms with Gasteiger partial charge in [-0.1, -0.05) is 13.8 Å². The van der Waals surface area contributed by atoms with Gasteiger partial charge in [-0.25, -0.2) is 0 Å². The van der Waals surface area contributed by atoms with Crippen LogP contribution in [-0.2, 0) is 4.74 Å². The molecule has 0 aliphatic rings. The first-order chi connectivity index (χ1) is 5.26. The van der Waals surface area contributed by atoms with Gasteiger partial charge in [0.1, 0.15) is 0 Å². The third-order valence-corrected chi connectivity index (χ3v) is 1.84. The number of methoxy groups -OCH3 is 1. The maximum Gasteiger partial charge on any atom is 0.259 e. The first kappa shape index (κ1) is 10.7. The van der Waals surface area contributed by atoms with Crippen molar-refractivity contribution < 1.29 is 4.74 Å². The Morgan fingerprint density at radius 1 is 1.27 bits per heavy atom. The van der Waals surface area contributed by atoms with Crippen molar-refractivity contribution in [2.75, 3.05) is 20.2 Å². The van der Waals surface area contributed by atoms with Gasteiger partial charge in [0.05, 0.1) is 7.11 Å². The summed E-state index contributed by atoms with van der Waals surface area (Å²) in [6.07, 6.45) is 2.23. The van der Waals surface area contributed by atoms with E-state index in [0.29, 0.717) is 5.17 Å². The standard InChI is InChI=1S/C8H17NOS/c1-4-6-9(7-5-2)8(11)10-3/h4-7H2,1-3H3. The molecule has 0 heterocycles. The molecule has 0 aliphatic carbocycles. The molecule has 0 unspecified atom stereocenters. The monoisotopic (exact) mass is 175 g/mol. The van der Waals surface area contributed by atoms with E-state index < -0.39 is 0 Å². The molecular weight excluding hydrogens is 158 g/mol. The van der Waals surface area contributed by atoms with Crippen molar-refractivity contribution in [3.05, 3.63) is 0 Å². The van der Waals surface area contributed by atoms with Gasteiger partial charge in [-0.3, -0.25) is 0 Å². The minimum absolute atomic E-state index is 0.619. The van der Waals surface area contributed by atoms with E-state index in [1.54, 1.807) is 7.11 Å². The number of hydrogen-bond donors (Lipinski definition) is 0. The van der Waals surface area contributed by atoms with Crippen molar-refractivity contribution in [2.45, 2.75) is 26.7 Å². The third kappa shape index (κ3) is 4.19. The van der Waals surface area contributed by atoms with E-state index in [9.17, 15) is 0 Å². The van der Waals surface area contributed by atoms with Crippen LogP contribution in [0.3, 0.4) is 0 Å². The molecule has 0 saturated heterocycles. The van der Waals surface area contributed by atoms with Crippen LogP contribution in [0.1, 0.15) is 26.7 Å². The second-order valence-corrected chi connectivity index (χ2v) is 2.81. The highest BCUT2D eigenvalue weighted by Crippen LogP contribution is 1.97. The number of nitrogens with zero attached hydrogens (tertiary/aromatic N) is 1. The van der Waals surface area contributed by atoms with Crippen LogP contribution < -0.4 is 0 Å². The van der Waals surface area contributed by atoms with E-state index in [2.05, 4.69) is 18.7 Å². The Labute approximate surface area is 74.5 Å². The number of ether oxygens (including phenoxy) is 1. The molecular formula is C8H17NOS. The predicted molar refractivity (Wildman–Crippen MR) is 51.8 cm³/mol. The fourth-order valence-electron chi connectivity index (χ4n) is 0.963. The summed E-state index contributed by atoms with van der Waals surface area (Å²) in [7, 11) is 1.63. The quantitative estimate of drug-likeness (QED) is 0.607. The molecule has 2 nitrogen and oxygen atoms in total. The summed E-state index contributed by atoms with van der Waals surface area (Å²) in [5, 5.41) is 0.619. The topological polar surface area (TPSA) is 12.5 Å². The van der Waals surface area contributed by atoms with Gasteiger partial charge >= 0.3 is 0 Å². The summed E-state index contributed by atoms with van der Waals surface area (Å²) in [6, 6.07) is 0. The highest BCUT2D eigenvalue weighted by molar-refractivity contribution is 7.80. The highest BCUT2D eigenvalue weighted by atomic mass is 32.1. The Bertz CT molecular complexity index is 111. The van der Waals surface area contributed by atoms with Crippen LogP contribution in [0, 0.1) is 0 Å². The van der Waals surface area contributed by atoms with Gasteiger partial charge in [0.2, 0.25) is 0 Å². The lowest BCUT2D eigenvalue weighted by Crippen LogP contribution is -2.31. The lowest BCUT2D eigenvalue weighted by atomic mass is 10.4. The normalized spacial score (nSPS) is 9.36. The van der Waals surface area contributed by atoms with E-state index in [0.717, 1.165) is 25.9 Å². The van der Waals surface area contributed by atoms with E-state index in [1.165, 1.54) is 0 Å². The van der Waals surface area contributed by atoms with Gasteiger partial charge < -0.3 is 9.64 Å². The van der Waals surface area contributed by atoms with Crippen LogP contribution in [0.25, 0.3) is 0 Å². The highest BCUT2D eigenvalue weighted by Gasteiger charge is 2.05. The van der Waals surface area contributed by atoms with E-state index in [-0.39, 0.29) is 0 Å². The minimum atomic E-state index is 0.619. The SMILES string of the molecule is CCCN(CCC)C(=S)OC. The fraction of sp³-hybridized carbons (Fsp3) is 0.875. The minimum Gasteiger partial charge on any atom is -0.474 e. The molecule has 0 aromatic rings. The molecule has 3 heteroatoms. The summed E-state index contributed by atoms with van der Waals surface area (Å²) < 4.78 is 4.97. The van der Waals surface area contributed by atoms with Gasteiger partial charge in [-0.2, -0.15) is 0 Å². The first-order valence-corrected chi connectivity index (χ1v) is 4.50. The smallest absolute Gasteiger partial charge is 0.259 e. The largest absolute Gasteiger partial charge is 0.474 e. The Morgan fingerprint density at radius 2 is 1.73 bits per heavy atom. The number of rotatable bonds is 4. The van der Waals surface area contributed by atoms with Gasteiger partial charge in [0, 0.05) is 13.1 Å². The fourth-order valence-corrected chi connectivity index (χ4v) is 1.15. The van der Waals surface area contributed by atoms with E-state index >= 15 is 0 Å². The second-order valence-electron chi connectivity index (χ2n) is 2.46. The average molecular weight is 175 g/mol. The van der Waals surface area contributed by atoms with E-state index in [4.69, 9.17) is 17.0 Å². The molecule has 0 amide bonds. The Morgan fingerprint density at radius 3 is 2.00 bits per heavy atom. The van der Waals surface area contributed by atoms with Crippen LogP contribution in [0.2, 0.25) is 0 Å². The number of hydrogen-bond acceptors (Lipinski definition) is 2. The van der Waals surface area contributed by atoms with E-state index in [1.807, 2.05) is 0 Å². The number of thiocarbonyl (C=S) groups is 1. The van der Waals surface area contributed by atoms with Gasteiger partial charge in [0.25, 0.3) is 5.17 Å². The molecule has 11 heavy (non-hydrogen) atoms. The zero-order valence-electron chi connectivity index (χ0n) is 7.59. The Balaban J connectivity index is 3.76. The molecule has 0 N–H and O–H groups in total. The summed E-state index contributed by atoms with van der Waals surface area (Å²) in [5.74, 6) is 0. The molecule has 0 rings (SSSR count). The van der Waals surface area contributed by atoms with Gasteiger partial charge in [-0.05, 0) is 25.1 Å². The Hall–Kier alpha value is -0.310. The van der Waals surface area contributed by atoms with Gasteiger partial charge in [0.15, 0.2) is 0 Å². The van der Waals surface area contributed by atoms with Crippen LogP contribution >= 0.6 is 12.2 Å². The van der Waals surface area contributed by atoms with Crippen molar-refractivity contribution >= 4 is 17.4 Å². The molecule has 0 atom stereocenters. The van der Waals surface area contributed by atoms with Crippen molar-refractivity contribution in [3.63, 3.8) is 0 Å². The lowest BCUT2D eigenvalue weighted by Gasteiger charge is -2.22. The molecule has 0 spiro atoms. The lowest BCUT2D eigenvalue weighted by molar-refractivity contribution is 0.294.